The standard InChI is InChI=1S/C14H18BrNO2S/c1-2-19-11-5-3-9(7-11)16-10-4-6-12(14(17)18)13(15)8-10/h4,6,8-9,11,16H,2-3,5,7H2,1H3,(H,17,18). The van der Waals surface area contributed by atoms with Crippen LogP contribution in [0.5, 0.6) is 0 Å². The van der Waals surface area contributed by atoms with E-state index in [1.165, 1.54) is 25.0 Å². The van der Waals surface area contributed by atoms with Crippen LogP contribution in [-0.2, 0) is 0 Å². The third-order valence-corrected chi connectivity index (χ3v) is 5.25. The molecule has 1 aliphatic rings. The highest BCUT2D eigenvalue weighted by Gasteiger charge is 2.24. The maximum absolute atomic E-state index is 10.9. The fourth-order valence-corrected chi connectivity index (χ4v) is 4.16. The van der Waals surface area contributed by atoms with E-state index in [0.717, 1.165) is 10.9 Å². The number of carboxylic acids is 1. The number of hydrogen-bond acceptors (Lipinski definition) is 3. The summed E-state index contributed by atoms with van der Waals surface area (Å²) in [6.07, 6.45) is 3.65. The Bertz CT molecular complexity index is 467. The zero-order valence-electron chi connectivity index (χ0n) is 10.9. The number of thioether (sulfide) groups is 1. The van der Waals surface area contributed by atoms with E-state index in [1.54, 1.807) is 6.07 Å². The summed E-state index contributed by atoms with van der Waals surface area (Å²) >= 11 is 5.34. The first kappa shape index (κ1) is 14.7. The van der Waals surface area contributed by atoms with Gasteiger partial charge in [-0.25, -0.2) is 4.79 Å². The molecule has 19 heavy (non-hydrogen) atoms. The normalized spacial score (nSPS) is 22.4. The maximum Gasteiger partial charge on any atom is 0.336 e. The van der Waals surface area contributed by atoms with Gasteiger partial charge in [0.2, 0.25) is 0 Å². The van der Waals surface area contributed by atoms with Gasteiger partial charge in [0.1, 0.15) is 0 Å². The van der Waals surface area contributed by atoms with Gasteiger partial charge >= 0.3 is 5.97 Å². The van der Waals surface area contributed by atoms with Crippen molar-refractivity contribution in [3.05, 3.63) is 28.2 Å². The Balaban J connectivity index is 1.97. The van der Waals surface area contributed by atoms with Crippen LogP contribution in [0.4, 0.5) is 5.69 Å². The molecule has 5 heteroatoms. The Morgan fingerprint density at radius 1 is 1.53 bits per heavy atom. The van der Waals surface area contributed by atoms with Crippen molar-refractivity contribution in [3.8, 4) is 0 Å². The third kappa shape index (κ3) is 3.89. The Hall–Kier alpha value is -0.680. The number of aromatic carboxylic acids is 1. The zero-order chi connectivity index (χ0) is 13.8. The summed E-state index contributed by atoms with van der Waals surface area (Å²) in [5.41, 5.74) is 1.29. The quantitative estimate of drug-likeness (QED) is 0.839. The van der Waals surface area contributed by atoms with Crippen LogP contribution in [0.1, 0.15) is 36.5 Å². The summed E-state index contributed by atoms with van der Waals surface area (Å²) in [6.45, 7) is 2.20. The van der Waals surface area contributed by atoms with Gasteiger partial charge in [0, 0.05) is 21.5 Å². The van der Waals surface area contributed by atoms with Crippen LogP contribution in [0.25, 0.3) is 0 Å². The second kappa shape index (κ2) is 6.66. The predicted octanol–water partition coefficient (Wildman–Crippen LogP) is 4.23. The van der Waals surface area contributed by atoms with Crippen molar-refractivity contribution in [2.75, 3.05) is 11.1 Å². The molecule has 1 fully saturated rings. The van der Waals surface area contributed by atoms with Crippen molar-refractivity contribution in [2.24, 2.45) is 0 Å². The highest BCUT2D eigenvalue weighted by molar-refractivity contribution is 9.10. The number of benzene rings is 1. The summed E-state index contributed by atoms with van der Waals surface area (Å²) in [5, 5.41) is 13.2. The molecule has 104 valence electrons. The lowest BCUT2D eigenvalue weighted by Gasteiger charge is -2.15. The van der Waals surface area contributed by atoms with Crippen LogP contribution >= 0.6 is 27.7 Å². The molecule has 0 aromatic heterocycles. The van der Waals surface area contributed by atoms with Gasteiger partial charge in [0.25, 0.3) is 0 Å². The van der Waals surface area contributed by atoms with Crippen molar-refractivity contribution < 1.29 is 9.90 Å². The molecule has 1 aliphatic carbocycles. The maximum atomic E-state index is 10.9. The fraction of sp³-hybridized carbons (Fsp3) is 0.500. The van der Waals surface area contributed by atoms with E-state index in [9.17, 15) is 4.79 Å². The van der Waals surface area contributed by atoms with Crippen molar-refractivity contribution in [3.63, 3.8) is 0 Å². The Kier molecular flexibility index (Phi) is 5.16. The summed E-state index contributed by atoms with van der Waals surface area (Å²) in [5.74, 6) is 0.273. The number of carbonyl (C=O) groups is 1. The molecule has 0 saturated heterocycles. The number of carboxylic acid groups (broad SMARTS) is 1. The van der Waals surface area contributed by atoms with Crippen LogP contribution in [0.3, 0.4) is 0 Å². The van der Waals surface area contributed by atoms with Gasteiger partial charge in [0.05, 0.1) is 5.56 Å². The second-order valence-electron chi connectivity index (χ2n) is 4.73. The number of nitrogens with one attached hydrogen (secondary N) is 1. The number of rotatable bonds is 5. The molecule has 3 nitrogen and oxygen atoms in total. The van der Waals surface area contributed by atoms with Crippen LogP contribution in [0.15, 0.2) is 22.7 Å². The first-order valence-corrected chi connectivity index (χ1v) is 8.35. The molecule has 0 bridgehead atoms. The summed E-state index contributed by atoms with van der Waals surface area (Å²) in [4.78, 5) is 10.9. The lowest BCUT2D eigenvalue weighted by atomic mass is 10.2. The Morgan fingerprint density at radius 2 is 2.32 bits per heavy atom. The molecule has 0 heterocycles. The van der Waals surface area contributed by atoms with E-state index >= 15 is 0 Å². The molecule has 0 amide bonds. The average molecular weight is 344 g/mol. The van der Waals surface area contributed by atoms with Crippen molar-refractivity contribution >= 4 is 39.3 Å². The van der Waals surface area contributed by atoms with E-state index in [-0.39, 0.29) is 0 Å². The first-order valence-electron chi connectivity index (χ1n) is 6.51. The average Bonchev–Trinajstić information content (AvgIpc) is 2.76. The summed E-state index contributed by atoms with van der Waals surface area (Å²) < 4.78 is 0.627. The van der Waals surface area contributed by atoms with E-state index in [0.29, 0.717) is 16.1 Å². The number of anilines is 1. The second-order valence-corrected chi connectivity index (χ2v) is 7.16. The van der Waals surface area contributed by atoms with Gasteiger partial charge in [0.15, 0.2) is 0 Å². The van der Waals surface area contributed by atoms with E-state index < -0.39 is 5.97 Å². The lowest BCUT2D eigenvalue weighted by molar-refractivity contribution is 0.0696. The van der Waals surface area contributed by atoms with Crippen LogP contribution < -0.4 is 5.32 Å². The molecule has 1 aromatic carbocycles. The minimum Gasteiger partial charge on any atom is -0.478 e. The van der Waals surface area contributed by atoms with Crippen molar-refractivity contribution in [1.82, 2.24) is 0 Å². The van der Waals surface area contributed by atoms with Gasteiger partial charge in [-0.15, -0.1) is 0 Å². The van der Waals surface area contributed by atoms with Crippen LogP contribution in [0.2, 0.25) is 0 Å². The topological polar surface area (TPSA) is 49.3 Å². The summed E-state index contributed by atoms with van der Waals surface area (Å²) in [6, 6.07) is 5.84. The molecule has 0 radical (unpaired) electrons. The minimum atomic E-state index is -0.904. The molecule has 2 unspecified atom stereocenters. The van der Waals surface area contributed by atoms with Gasteiger partial charge in [-0.1, -0.05) is 6.92 Å². The smallest absolute Gasteiger partial charge is 0.336 e. The van der Waals surface area contributed by atoms with E-state index in [1.807, 2.05) is 23.9 Å². The molecular formula is C14H18BrNO2S. The minimum absolute atomic E-state index is 0.302. The molecule has 2 atom stereocenters. The van der Waals surface area contributed by atoms with Crippen LogP contribution in [0, 0.1) is 0 Å². The molecule has 0 aliphatic heterocycles. The van der Waals surface area contributed by atoms with Gasteiger partial charge in [-0.05, 0) is 59.1 Å². The molecular weight excluding hydrogens is 326 g/mol. The molecule has 2 N–H and O–H groups in total. The first-order chi connectivity index (χ1) is 9.10. The van der Waals surface area contributed by atoms with Gasteiger partial charge < -0.3 is 10.4 Å². The van der Waals surface area contributed by atoms with Crippen molar-refractivity contribution in [1.29, 1.82) is 0 Å². The molecule has 1 aromatic rings. The summed E-state index contributed by atoms with van der Waals surface area (Å²) in [7, 11) is 0. The lowest BCUT2D eigenvalue weighted by Crippen LogP contribution is -2.16. The van der Waals surface area contributed by atoms with Crippen molar-refractivity contribution in [2.45, 2.75) is 37.5 Å². The highest BCUT2D eigenvalue weighted by Crippen LogP contribution is 2.32. The molecule has 1 saturated carbocycles. The predicted molar refractivity (Wildman–Crippen MR) is 84.3 cm³/mol. The van der Waals surface area contributed by atoms with Crippen LogP contribution in [-0.4, -0.2) is 28.1 Å². The van der Waals surface area contributed by atoms with Gasteiger partial charge in [-0.2, -0.15) is 11.8 Å². The highest BCUT2D eigenvalue weighted by atomic mass is 79.9. The number of hydrogen-bond donors (Lipinski definition) is 2. The SMILES string of the molecule is CCSC1CCC(Nc2ccc(C(=O)O)c(Br)c2)C1. The van der Waals surface area contributed by atoms with E-state index in [4.69, 9.17) is 5.11 Å². The molecule has 0 spiro atoms. The van der Waals surface area contributed by atoms with Gasteiger partial charge in [-0.3, -0.25) is 0 Å². The zero-order valence-corrected chi connectivity index (χ0v) is 13.3. The Morgan fingerprint density at radius 3 is 2.95 bits per heavy atom. The van der Waals surface area contributed by atoms with E-state index in [2.05, 4.69) is 28.2 Å². The Labute approximate surface area is 126 Å². The fourth-order valence-electron chi connectivity index (χ4n) is 2.47. The third-order valence-electron chi connectivity index (χ3n) is 3.36. The largest absolute Gasteiger partial charge is 0.478 e. The monoisotopic (exact) mass is 343 g/mol. The number of halogens is 1. The molecule has 2 rings (SSSR count).